The highest BCUT2D eigenvalue weighted by Crippen LogP contribution is 2.20. The van der Waals surface area contributed by atoms with E-state index in [1.165, 1.54) is 12.4 Å². The lowest BCUT2D eigenvalue weighted by molar-refractivity contribution is 0.449. The maximum atomic E-state index is 12.9. The first kappa shape index (κ1) is 11.0. The molecule has 1 heterocycles. The first-order valence-electron chi connectivity index (χ1n) is 4.53. The van der Waals surface area contributed by atoms with Crippen molar-refractivity contribution < 1.29 is 13.5 Å². The fourth-order valence-corrected chi connectivity index (χ4v) is 1.13. The monoisotopic (exact) mass is 233 g/mol. The number of aromatic nitrogens is 2. The first-order valence-corrected chi connectivity index (χ1v) is 4.53. The van der Waals surface area contributed by atoms with Crippen LogP contribution in [0.3, 0.4) is 0 Å². The molecule has 0 saturated carbocycles. The van der Waals surface area contributed by atoms with Crippen LogP contribution in [0.15, 0.2) is 30.6 Å². The van der Waals surface area contributed by atoms with Crippen molar-refractivity contribution in [2.45, 2.75) is 0 Å². The quantitative estimate of drug-likeness (QED) is 0.799. The Labute approximate surface area is 95.1 Å². The summed E-state index contributed by atoms with van der Waals surface area (Å²) in [6.07, 6.45) is 2.40. The number of nitrogens with zero attached hydrogens (tertiary/aromatic N) is 3. The number of rotatable bonds is 2. The molecule has 0 aliphatic rings. The van der Waals surface area contributed by atoms with Gasteiger partial charge in [-0.05, 0) is 0 Å². The molecule has 1 aromatic heterocycles. The van der Waals surface area contributed by atoms with E-state index in [0.29, 0.717) is 0 Å². The van der Waals surface area contributed by atoms with Crippen molar-refractivity contribution in [1.29, 1.82) is 5.26 Å². The van der Waals surface area contributed by atoms with Gasteiger partial charge in [0, 0.05) is 18.2 Å². The Balaban J connectivity index is 2.22. The van der Waals surface area contributed by atoms with Crippen molar-refractivity contribution in [2.24, 2.45) is 0 Å². The van der Waals surface area contributed by atoms with Gasteiger partial charge in [0.2, 0.25) is 5.88 Å². The van der Waals surface area contributed by atoms with Crippen LogP contribution in [0.2, 0.25) is 0 Å². The molecular weight excluding hydrogens is 228 g/mol. The number of hydrogen-bond donors (Lipinski definition) is 0. The molecule has 1 aromatic carbocycles. The number of halogens is 2. The minimum atomic E-state index is -0.749. The van der Waals surface area contributed by atoms with Crippen LogP contribution < -0.4 is 4.74 Å². The predicted molar refractivity (Wildman–Crippen MR) is 53.2 cm³/mol. The fourth-order valence-electron chi connectivity index (χ4n) is 1.13. The first-order chi connectivity index (χ1) is 8.17. The second-order valence-electron chi connectivity index (χ2n) is 3.06. The molecule has 2 rings (SSSR count). The predicted octanol–water partition coefficient (Wildman–Crippen LogP) is 2.42. The van der Waals surface area contributed by atoms with Crippen LogP contribution in [0.25, 0.3) is 0 Å². The Kier molecular flexibility index (Phi) is 2.92. The summed E-state index contributed by atoms with van der Waals surface area (Å²) in [4.78, 5) is 7.45. The van der Waals surface area contributed by atoms with E-state index >= 15 is 0 Å². The van der Waals surface area contributed by atoms with Crippen LogP contribution in [0.4, 0.5) is 8.78 Å². The zero-order valence-corrected chi connectivity index (χ0v) is 8.39. The summed E-state index contributed by atoms with van der Waals surface area (Å²) >= 11 is 0. The molecule has 0 aliphatic carbocycles. The zero-order chi connectivity index (χ0) is 12.3. The molecule has 0 unspecified atom stereocenters. The number of ether oxygens (including phenoxy) is 1. The van der Waals surface area contributed by atoms with Crippen LogP contribution in [-0.2, 0) is 0 Å². The average molecular weight is 233 g/mol. The summed E-state index contributed by atoms with van der Waals surface area (Å²) in [5.74, 6) is -1.47. The van der Waals surface area contributed by atoms with Gasteiger partial charge in [0.25, 0.3) is 0 Å². The molecule has 0 amide bonds. The molecule has 0 spiro atoms. The smallest absolute Gasteiger partial charge is 0.237 e. The van der Waals surface area contributed by atoms with E-state index in [1.807, 2.05) is 0 Å². The molecule has 6 heteroatoms. The molecule has 4 nitrogen and oxygen atoms in total. The van der Waals surface area contributed by atoms with Crippen LogP contribution in [-0.4, -0.2) is 9.97 Å². The lowest BCUT2D eigenvalue weighted by Crippen LogP contribution is -1.92. The number of benzene rings is 1. The SMILES string of the molecule is N#Cc1cnc(Oc2cc(F)cc(F)c2)cn1. The maximum absolute atomic E-state index is 12.9. The summed E-state index contributed by atoms with van der Waals surface area (Å²) in [5, 5.41) is 8.50. The van der Waals surface area contributed by atoms with E-state index in [9.17, 15) is 8.78 Å². The van der Waals surface area contributed by atoms with E-state index < -0.39 is 11.6 Å². The van der Waals surface area contributed by atoms with Gasteiger partial charge in [0.05, 0.1) is 12.4 Å². The number of nitriles is 1. The average Bonchev–Trinajstić information content (AvgIpc) is 2.28. The van der Waals surface area contributed by atoms with Crippen LogP contribution >= 0.6 is 0 Å². The highest BCUT2D eigenvalue weighted by atomic mass is 19.1. The summed E-state index contributed by atoms with van der Waals surface area (Å²) in [7, 11) is 0. The molecule has 0 bridgehead atoms. The maximum Gasteiger partial charge on any atom is 0.237 e. The Hall–Kier alpha value is -2.55. The highest BCUT2D eigenvalue weighted by Gasteiger charge is 2.04. The van der Waals surface area contributed by atoms with Crippen molar-refractivity contribution in [3.63, 3.8) is 0 Å². The topological polar surface area (TPSA) is 58.8 Å². The van der Waals surface area contributed by atoms with Crippen molar-refractivity contribution in [3.05, 3.63) is 47.9 Å². The summed E-state index contributed by atoms with van der Waals surface area (Å²) < 4.78 is 30.8. The molecule has 0 radical (unpaired) electrons. The van der Waals surface area contributed by atoms with Crippen LogP contribution in [0, 0.1) is 23.0 Å². The van der Waals surface area contributed by atoms with Crippen molar-refractivity contribution in [1.82, 2.24) is 9.97 Å². The number of hydrogen-bond acceptors (Lipinski definition) is 4. The molecule has 0 N–H and O–H groups in total. The Morgan fingerprint density at radius 2 is 1.76 bits per heavy atom. The van der Waals surface area contributed by atoms with Gasteiger partial charge in [-0.2, -0.15) is 5.26 Å². The summed E-state index contributed by atoms with van der Waals surface area (Å²) in [6, 6.07) is 4.55. The third-order valence-corrected chi connectivity index (χ3v) is 1.80. The van der Waals surface area contributed by atoms with E-state index in [4.69, 9.17) is 10.00 Å². The lowest BCUT2D eigenvalue weighted by Gasteiger charge is -2.04. The molecule has 0 atom stereocenters. The lowest BCUT2D eigenvalue weighted by atomic mass is 10.3. The normalized spacial score (nSPS) is 9.71. The van der Waals surface area contributed by atoms with Crippen LogP contribution in [0.1, 0.15) is 5.69 Å². The second kappa shape index (κ2) is 4.53. The van der Waals surface area contributed by atoms with Gasteiger partial charge >= 0.3 is 0 Å². The molecule has 0 fully saturated rings. The highest BCUT2D eigenvalue weighted by molar-refractivity contribution is 5.28. The minimum absolute atomic E-state index is 0.0264. The molecule has 0 saturated heterocycles. The minimum Gasteiger partial charge on any atom is -0.437 e. The summed E-state index contributed by atoms with van der Waals surface area (Å²) in [5.41, 5.74) is 0.128. The van der Waals surface area contributed by atoms with Gasteiger partial charge in [0.1, 0.15) is 23.5 Å². The third-order valence-electron chi connectivity index (χ3n) is 1.80. The van der Waals surface area contributed by atoms with E-state index in [-0.39, 0.29) is 17.3 Å². The van der Waals surface area contributed by atoms with Gasteiger partial charge < -0.3 is 4.74 Å². The summed E-state index contributed by atoms with van der Waals surface area (Å²) in [6.45, 7) is 0. The Bertz CT molecular complexity index is 558. The van der Waals surface area contributed by atoms with Gasteiger partial charge in [-0.1, -0.05) is 0 Å². The van der Waals surface area contributed by atoms with E-state index in [0.717, 1.165) is 18.2 Å². The molecule has 84 valence electrons. The largest absolute Gasteiger partial charge is 0.437 e. The van der Waals surface area contributed by atoms with Gasteiger partial charge in [-0.25, -0.2) is 18.7 Å². The van der Waals surface area contributed by atoms with E-state index in [2.05, 4.69) is 9.97 Å². The molecule has 2 aromatic rings. The van der Waals surface area contributed by atoms with Crippen molar-refractivity contribution in [2.75, 3.05) is 0 Å². The van der Waals surface area contributed by atoms with E-state index in [1.54, 1.807) is 6.07 Å². The Morgan fingerprint density at radius 1 is 1.06 bits per heavy atom. The second-order valence-corrected chi connectivity index (χ2v) is 3.06. The van der Waals surface area contributed by atoms with Crippen molar-refractivity contribution in [3.8, 4) is 17.7 Å². The van der Waals surface area contributed by atoms with Crippen molar-refractivity contribution >= 4 is 0 Å². The third kappa shape index (κ3) is 2.72. The molecular formula is C11H5F2N3O. The Morgan fingerprint density at radius 3 is 2.29 bits per heavy atom. The molecule has 17 heavy (non-hydrogen) atoms. The standard InChI is InChI=1S/C11H5F2N3O/c12-7-1-8(13)3-10(2-7)17-11-6-15-9(4-14)5-16-11/h1-3,5-6H. The molecule has 0 aliphatic heterocycles. The van der Waals surface area contributed by atoms with Crippen LogP contribution in [0.5, 0.6) is 11.6 Å². The van der Waals surface area contributed by atoms with Gasteiger partial charge in [-0.15, -0.1) is 0 Å². The van der Waals surface area contributed by atoms with Gasteiger partial charge in [-0.3, -0.25) is 0 Å². The zero-order valence-electron chi connectivity index (χ0n) is 8.39. The van der Waals surface area contributed by atoms with Gasteiger partial charge in [0.15, 0.2) is 5.69 Å². The fraction of sp³-hybridized carbons (Fsp3) is 0.